The minimum absolute atomic E-state index is 0.101. The topological polar surface area (TPSA) is 80.8 Å². The van der Waals surface area contributed by atoms with Gasteiger partial charge < -0.3 is 9.64 Å². The summed E-state index contributed by atoms with van der Waals surface area (Å²) in [5.41, 5.74) is 0. The van der Waals surface area contributed by atoms with Crippen LogP contribution in [0.15, 0.2) is 0 Å². The van der Waals surface area contributed by atoms with Crippen molar-refractivity contribution in [2.75, 3.05) is 4.61 Å². The number of halogens is 3. The van der Waals surface area contributed by atoms with Gasteiger partial charge in [0.15, 0.2) is 18.4 Å². The van der Waals surface area contributed by atoms with Gasteiger partial charge in [-0.15, -0.1) is 0 Å². The van der Waals surface area contributed by atoms with E-state index in [1.807, 2.05) is 22.6 Å². The van der Waals surface area contributed by atoms with Gasteiger partial charge in [-0.05, 0) is 36.4 Å². The molecule has 2 heterocycles. The highest BCUT2D eigenvalue weighted by Crippen LogP contribution is 2.56. The third-order valence-corrected chi connectivity index (χ3v) is 8.79. The number of ether oxygens (including phenoxy) is 1. The van der Waals surface area contributed by atoms with Crippen molar-refractivity contribution in [3.63, 3.8) is 0 Å². The van der Waals surface area contributed by atoms with E-state index in [4.69, 9.17) is 4.74 Å². The number of carbonyl (C=O) groups excluding carboxylic acids is 2. The van der Waals surface area contributed by atoms with Gasteiger partial charge >= 0.3 is 5.97 Å². The van der Waals surface area contributed by atoms with E-state index in [2.05, 4.69) is 31.9 Å². The average Bonchev–Trinajstić information content (AvgIpc) is 2.42. The Morgan fingerprint density at radius 1 is 1.47 bits per heavy atom. The Hall–Kier alpha value is 0.580. The van der Waals surface area contributed by atoms with Crippen molar-refractivity contribution in [3.8, 4) is 0 Å². The zero-order valence-electron chi connectivity index (χ0n) is 9.89. The van der Waals surface area contributed by atoms with Crippen LogP contribution in [0.3, 0.4) is 0 Å². The van der Waals surface area contributed by atoms with Gasteiger partial charge in [0.05, 0.1) is 0 Å². The first-order chi connectivity index (χ1) is 8.51. The first-order valence-electron chi connectivity index (χ1n) is 5.18. The molecule has 0 aromatic carbocycles. The smallest absolute Gasteiger partial charge is 0.331 e. The number of hydrogen-bond acceptors (Lipinski definition) is 5. The normalized spacial score (nSPS) is 33.5. The molecule has 2 atom stereocenters. The Bertz CT molecular complexity index is 561. The van der Waals surface area contributed by atoms with Crippen LogP contribution in [0.5, 0.6) is 0 Å². The summed E-state index contributed by atoms with van der Waals surface area (Å²) in [6.45, 7) is 2.87. The molecular formula is C9H10Br2INO5S. The van der Waals surface area contributed by atoms with Crippen molar-refractivity contribution < 1.29 is 22.7 Å². The molecule has 0 spiro atoms. The van der Waals surface area contributed by atoms with Crippen molar-refractivity contribution in [2.24, 2.45) is 0 Å². The first-order valence-corrected chi connectivity index (χ1v) is 9.83. The lowest BCUT2D eigenvalue weighted by Crippen LogP contribution is -2.69. The molecule has 0 unspecified atom stereocenters. The lowest BCUT2D eigenvalue weighted by molar-refractivity contribution is -0.159. The van der Waals surface area contributed by atoms with E-state index in [1.54, 1.807) is 0 Å². The number of fused-ring (bicyclic) bond motifs is 1. The molecular weight excluding hydrogens is 521 g/mol. The second-order valence-electron chi connectivity index (χ2n) is 4.81. The number of sulfone groups is 1. The largest absolute Gasteiger partial charge is 0.453 e. The van der Waals surface area contributed by atoms with E-state index >= 15 is 0 Å². The summed E-state index contributed by atoms with van der Waals surface area (Å²) in [5, 5.41) is -1.10. The molecule has 6 nitrogen and oxygen atoms in total. The van der Waals surface area contributed by atoms with E-state index in [9.17, 15) is 18.0 Å². The Morgan fingerprint density at radius 2 is 2.00 bits per heavy atom. The average molecular weight is 531 g/mol. The molecule has 2 rings (SSSR count). The van der Waals surface area contributed by atoms with E-state index in [0.717, 1.165) is 4.90 Å². The van der Waals surface area contributed by atoms with Crippen molar-refractivity contribution in [1.29, 1.82) is 0 Å². The SMILES string of the molecule is CC1(C)[C@H](C(=O)OCI)N2C(=O)C(Br)(Br)[C@H]2S1(=O)=O. The molecule has 0 bridgehead atoms. The quantitative estimate of drug-likeness (QED) is 0.232. The van der Waals surface area contributed by atoms with Crippen LogP contribution >= 0.6 is 54.5 Å². The molecule has 2 aliphatic heterocycles. The Balaban J connectivity index is 2.53. The van der Waals surface area contributed by atoms with E-state index in [0.29, 0.717) is 0 Å². The molecule has 0 aliphatic carbocycles. The van der Waals surface area contributed by atoms with E-state index in [1.165, 1.54) is 13.8 Å². The van der Waals surface area contributed by atoms with Gasteiger partial charge in [0.25, 0.3) is 5.91 Å². The van der Waals surface area contributed by atoms with Crippen LogP contribution in [0.1, 0.15) is 13.8 Å². The molecule has 0 saturated carbocycles. The van der Waals surface area contributed by atoms with Crippen molar-refractivity contribution >= 4 is 76.2 Å². The van der Waals surface area contributed by atoms with Gasteiger partial charge in [0, 0.05) is 0 Å². The molecule has 2 saturated heterocycles. The lowest BCUT2D eigenvalue weighted by Gasteiger charge is -2.45. The predicted octanol–water partition coefficient (Wildman–Crippen LogP) is 1.15. The number of rotatable bonds is 2. The van der Waals surface area contributed by atoms with Gasteiger partial charge in [0.2, 0.25) is 0 Å². The van der Waals surface area contributed by atoms with Crippen LogP contribution in [0, 0.1) is 0 Å². The number of β-lactam (4-membered cyclic amide) rings is 1. The van der Waals surface area contributed by atoms with Crippen molar-refractivity contribution in [1.82, 2.24) is 4.90 Å². The second kappa shape index (κ2) is 4.54. The number of carbonyl (C=O) groups is 2. The summed E-state index contributed by atoms with van der Waals surface area (Å²) in [6, 6.07) is -1.12. The monoisotopic (exact) mass is 529 g/mol. The zero-order chi connectivity index (χ0) is 14.8. The maximum absolute atomic E-state index is 12.5. The number of nitrogens with zero attached hydrogens (tertiary/aromatic N) is 1. The minimum atomic E-state index is -3.71. The standard InChI is InChI=1S/C9H10Br2INO5S/c1-8(2)4(5(14)18-3-12)13-6(15)9(10,11)7(13)19(8,16)17/h4,7H,3H2,1-2H3/t4-,7+/m0/s1. The van der Waals surface area contributed by atoms with Crippen LogP contribution in [-0.2, 0) is 24.2 Å². The summed E-state index contributed by atoms with van der Waals surface area (Å²) in [5.74, 6) is -1.18. The van der Waals surface area contributed by atoms with Gasteiger partial charge in [-0.25, -0.2) is 13.2 Å². The Labute approximate surface area is 140 Å². The summed E-state index contributed by atoms with van der Waals surface area (Å²) in [4.78, 5) is 25.1. The number of hydrogen-bond donors (Lipinski definition) is 0. The van der Waals surface area contributed by atoms with E-state index < -0.39 is 41.1 Å². The van der Waals surface area contributed by atoms with Crippen LogP contribution in [0.2, 0.25) is 0 Å². The van der Waals surface area contributed by atoms with Gasteiger partial charge in [-0.2, -0.15) is 0 Å². The molecule has 2 fully saturated rings. The highest BCUT2D eigenvalue weighted by atomic mass is 127. The maximum atomic E-state index is 12.5. The second-order valence-corrected chi connectivity index (χ2v) is 11.6. The molecule has 0 radical (unpaired) electrons. The highest BCUT2D eigenvalue weighted by molar-refractivity contribution is 14.1. The van der Waals surface area contributed by atoms with Gasteiger partial charge in [-0.1, -0.05) is 31.9 Å². The lowest BCUT2D eigenvalue weighted by atomic mass is 9.98. The Kier molecular flexibility index (Phi) is 3.81. The zero-order valence-corrected chi connectivity index (χ0v) is 16.0. The third-order valence-electron chi connectivity index (χ3n) is 3.47. The van der Waals surface area contributed by atoms with Crippen LogP contribution < -0.4 is 0 Å². The molecule has 0 aromatic heterocycles. The fourth-order valence-corrected chi connectivity index (χ4v) is 7.14. The van der Waals surface area contributed by atoms with E-state index in [-0.39, 0.29) is 4.61 Å². The van der Waals surface area contributed by atoms with Crippen LogP contribution in [0.25, 0.3) is 0 Å². The molecule has 0 aromatic rings. The minimum Gasteiger partial charge on any atom is -0.453 e. The molecule has 0 N–H and O–H groups in total. The molecule has 2 aliphatic rings. The highest BCUT2D eigenvalue weighted by Gasteiger charge is 2.77. The first kappa shape index (κ1) is 16.0. The third kappa shape index (κ3) is 1.85. The summed E-state index contributed by atoms with van der Waals surface area (Å²) >= 11 is 7.98. The number of esters is 1. The predicted molar refractivity (Wildman–Crippen MR) is 83.0 cm³/mol. The van der Waals surface area contributed by atoms with Crippen LogP contribution in [0.4, 0.5) is 0 Å². The summed E-state index contributed by atoms with van der Waals surface area (Å²) < 4.78 is 27.2. The fourth-order valence-electron chi connectivity index (χ4n) is 2.40. The van der Waals surface area contributed by atoms with Crippen LogP contribution in [-0.4, -0.2) is 49.2 Å². The number of amides is 1. The Morgan fingerprint density at radius 3 is 2.47 bits per heavy atom. The molecule has 10 heteroatoms. The fraction of sp³-hybridized carbons (Fsp3) is 0.778. The molecule has 1 amide bonds. The number of alkyl halides is 3. The van der Waals surface area contributed by atoms with Gasteiger partial charge in [0.1, 0.15) is 15.4 Å². The summed E-state index contributed by atoms with van der Waals surface area (Å²) in [7, 11) is -3.71. The van der Waals surface area contributed by atoms with Crippen molar-refractivity contribution in [2.45, 2.75) is 33.2 Å². The van der Waals surface area contributed by atoms with Crippen molar-refractivity contribution in [3.05, 3.63) is 0 Å². The van der Waals surface area contributed by atoms with Gasteiger partial charge in [-0.3, -0.25) is 4.79 Å². The summed E-state index contributed by atoms with van der Waals surface area (Å²) in [6.07, 6.45) is 0. The molecule has 19 heavy (non-hydrogen) atoms. The maximum Gasteiger partial charge on any atom is 0.331 e. The molecule has 108 valence electrons.